The van der Waals surface area contributed by atoms with Crippen LogP contribution in [0.25, 0.3) is 0 Å². The van der Waals surface area contributed by atoms with E-state index in [2.05, 4.69) is 10.3 Å². The Morgan fingerprint density at radius 1 is 1.56 bits per heavy atom. The molecule has 0 aliphatic rings. The molecule has 5 nitrogen and oxygen atoms in total. The highest BCUT2D eigenvalue weighted by Gasteiger charge is 2.08. The topological polar surface area (TPSA) is 82.5 Å². The van der Waals surface area contributed by atoms with Crippen LogP contribution < -0.4 is 5.32 Å². The molecule has 2 atom stereocenters. The second-order valence-corrected chi connectivity index (χ2v) is 3.87. The minimum absolute atomic E-state index is 0.0385. The van der Waals surface area contributed by atoms with Crippen LogP contribution in [-0.2, 0) is 0 Å². The van der Waals surface area contributed by atoms with E-state index in [0.717, 1.165) is 0 Å². The molecule has 0 spiro atoms. The molecule has 0 aliphatic heterocycles. The van der Waals surface area contributed by atoms with Crippen LogP contribution in [0, 0.1) is 0 Å². The Labute approximate surface area is 94.1 Å². The van der Waals surface area contributed by atoms with Crippen molar-refractivity contribution in [1.82, 2.24) is 4.98 Å². The number of hydrogen-bond acceptors (Lipinski definition) is 4. The summed E-state index contributed by atoms with van der Waals surface area (Å²) in [6.45, 7) is 3.61. The number of aromatic carboxylic acids is 1. The highest BCUT2D eigenvalue weighted by molar-refractivity contribution is 5.88. The molecule has 1 aromatic heterocycles. The van der Waals surface area contributed by atoms with E-state index in [-0.39, 0.29) is 11.6 Å². The number of carboxylic acid groups (broad SMARTS) is 1. The SMILES string of the molecule is CC(O)CC(C)Nc1cc(C(=O)O)ccn1. The van der Waals surface area contributed by atoms with Crippen LogP contribution in [0.4, 0.5) is 5.82 Å². The number of pyridine rings is 1. The first-order chi connectivity index (χ1) is 7.49. The van der Waals surface area contributed by atoms with Crippen molar-refractivity contribution in [3.8, 4) is 0 Å². The standard InChI is InChI=1S/C11H16N2O3/c1-7(5-8(2)14)13-10-6-9(11(15)16)3-4-12-10/h3-4,6-8,14H,5H2,1-2H3,(H,12,13)(H,15,16). The van der Waals surface area contributed by atoms with Crippen molar-refractivity contribution in [2.24, 2.45) is 0 Å². The number of carbonyl (C=O) groups is 1. The van der Waals surface area contributed by atoms with E-state index in [0.29, 0.717) is 12.2 Å². The molecule has 0 fully saturated rings. The van der Waals surface area contributed by atoms with E-state index in [1.165, 1.54) is 18.3 Å². The summed E-state index contributed by atoms with van der Waals surface area (Å²) in [5.74, 6) is -0.471. The first kappa shape index (κ1) is 12.4. The molecule has 0 radical (unpaired) electrons. The maximum absolute atomic E-state index is 10.7. The predicted molar refractivity (Wildman–Crippen MR) is 60.6 cm³/mol. The normalized spacial score (nSPS) is 14.2. The van der Waals surface area contributed by atoms with Gasteiger partial charge < -0.3 is 15.5 Å². The Morgan fingerprint density at radius 2 is 2.25 bits per heavy atom. The summed E-state index contributed by atoms with van der Waals surface area (Å²) in [6, 6.07) is 2.95. The third kappa shape index (κ3) is 3.86. The Bertz CT molecular complexity index is 366. The van der Waals surface area contributed by atoms with E-state index in [4.69, 9.17) is 5.11 Å². The Balaban J connectivity index is 2.66. The third-order valence-corrected chi connectivity index (χ3v) is 2.10. The van der Waals surface area contributed by atoms with Crippen molar-refractivity contribution in [1.29, 1.82) is 0 Å². The van der Waals surface area contributed by atoms with Crippen LogP contribution in [0.15, 0.2) is 18.3 Å². The van der Waals surface area contributed by atoms with Gasteiger partial charge in [-0.05, 0) is 32.4 Å². The number of nitrogens with one attached hydrogen (secondary N) is 1. The predicted octanol–water partition coefficient (Wildman–Crippen LogP) is 1.35. The summed E-state index contributed by atoms with van der Waals surface area (Å²) in [4.78, 5) is 14.7. The Kier molecular flexibility index (Phi) is 4.25. The number of hydrogen-bond donors (Lipinski definition) is 3. The molecule has 5 heteroatoms. The fourth-order valence-corrected chi connectivity index (χ4v) is 1.47. The third-order valence-electron chi connectivity index (χ3n) is 2.10. The van der Waals surface area contributed by atoms with Gasteiger partial charge in [0.05, 0.1) is 11.7 Å². The molecule has 1 rings (SSSR count). The summed E-state index contributed by atoms with van der Waals surface area (Å²) < 4.78 is 0. The van der Waals surface area contributed by atoms with Crippen LogP contribution in [0.1, 0.15) is 30.6 Å². The number of anilines is 1. The van der Waals surface area contributed by atoms with Crippen molar-refractivity contribution in [3.05, 3.63) is 23.9 Å². The molecule has 0 saturated carbocycles. The number of aliphatic hydroxyl groups excluding tert-OH is 1. The van der Waals surface area contributed by atoms with Crippen molar-refractivity contribution >= 4 is 11.8 Å². The molecule has 1 heterocycles. The van der Waals surface area contributed by atoms with Gasteiger partial charge in [-0.1, -0.05) is 0 Å². The van der Waals surface area contributed by atoms with Gasteiger partial charge in [-0.25, -0.2) is 9.78 Å². The molecule has 3 N–H and O–H groups in total. The van der Waals surface area contributed by atoms with Crippen molar-refractivity contribution in [3.63, 3.8) is 0 Å². The van der Waals surface area contributed by atoms with Gasteiger partial charge in [0, 0.05) is 12.2 Å². The summed E-state index contributed by atoms with van der Waals surface area (Å²) >= 11 is 0. The van der Waals surface area contributed by atoms with Crippen LogP contribution >= 0.6 is 0 Å². The maximum Gasteiger partial charge on any atom is 0.335 e. The molecule has 2 unspecified atom stereocenters. The van der Waals surface area contributed by atoms with E-state index >= 15 is 0 Å². The Hall–Kier alpha value is -1.62. The first-order valence-electron chi connectivity index (χ1n) is 5.13. The van der Waals surface area contributed by atoms with Gasteiger partial charge in [-0.15, -0.1) is 0 Å². The van der Waals surface area contributed by atoms with Gasteiger partial charge in [0.1, 0.15) is 5.82 Å². The zero-order valence-corrected chi connectivity index (χ0v) is 9.34. The quantitative estimate of drug-likeness (QED) is 0.703. The summed E-state index contributed by atoms with van der Waals surface area (Å²) in [6.07, 6.45) is 1.63. The molecule has 1 aromatic rings. The number of aliphatic hydroxyl groups is 1. The fourth-order valence-electron chi connectivity index (χ4n) is 1.47. The minimum atomic E-state index is -0.978. The molecular formula is C11H16N2O3. The highest BCUT2D eigenvalue weighted by atomic mass is 16.4. The van der Waals surface area contributed by atoms with E-state index in [1.54, 1.807) is 6.92 Å². The van der Waals surface area contributed by atoms with Gasteiger partial charge in [0.2, 0.25) is 0 Å². The van der Waals surface area contributed by atoms with Crippen LogP contribution in [0.2, 0.25) is 0 Å². The van der Waals surface area contributed by atoms with Gasteiger partial charge in [-0.3, -0.25) is 0 Å². The lowest BCUT2D eigenvalue weighted by Crippen LogP contribution is -2.21. The average molecular weight is 224 g/mol. The van der Waals surface area contributed by atoms with Crippen LogP contribution in [0.5, 0.6) is 0 Å². The number of carboxylic acids is 1. The number of rotatable bonds is 5. The molecule has 88 valence electrons. The zero-order valence-electron chi connectivity index (χ0n) is 9.34. The zero-order chi connectivity index (χ0) is 12.1. The number of nitrogens with zero attached hydrogens (tertiary/aromatic N) is 1. The lowest BCUT2D eigenvalue weighted by atomic mass is 10.1. The first-order valence-corrected chi connectivity index (χ1v) is 5.13. The monoisotopic (exact) mass is 224 g/mol. The molecule has 0 saturated heterocycles. The second kappa shape index (κ2) is 5.46. The van der Waals surface area contributed by atoms with E-state index < -0.39 is 12.1 Å². The fraction of sp³-hybridized carbons (Fsp3) is 0.455. The molecule has 0 aliphatic carbocycles. The van der Waals surface area contributed by atoms with Gasteiger partial charge in [0.25, 0.3) is 0 Å². The molecular weight excluding hydrogens is 208 g/mol. The molecule has 0 aromatic carbocycles. The maximum atomic E-state index is 10.7. The minimum Gasteiger partial charge on any atom is -0.478 e. The molecule has 0 amide bonds. The number of aromatic nitrogens is 1. The summed E-state index contributed by atoms with van der Waals surface area (Å²) in [5.41, 5.74) is 0.196. The lowest BCUT2D eigenvalue weighted by Gasteiger charge is -2.15. The average Bonchev–Trinajstić information content (AvgIpc) is 2.16. The summed E-state index contributed by atoms with van der Waals surface area (Å²) in [7, 11) is 0. The lowest BCUT2D eigenvalue weighted by molar-refractivity contribution is 0.0696. The van der Waals surface area contributed by atoms with Gasteiger partial charge >= 0.3 is 5.97 Å². The van der Waals surface area contributed by atoms with Crippen molar-refractivity contribution < 1.29 is 15.0 Å². The van der Waals surface area contributed by atoms with Gasteiger partial charge in [0.15, 0.2) is 0 Å². The van der Waals surface area contributed by atoms with E-state index in [1.807, 2.05) is 6.92 Å². The van der Waals surface area contributed by atoms with E-state index in [9.17, 15) is 9.90 Å². The van der Waals surface area contributed by atoms with Gasteiger partial charge in [-0.2, -0.15) is 0 Å². The van der Waals surface area contributed by atoms with Crippen molar-refractivity contribution in [2.45, 2.75) is 32.4 Å². The van der Waals surface area contributed by atoms with Crippen LogP contribution in [-0.4, -0.2) is 33.3 Å². The van der Waals surface area contributed by atoms with Crippen LogP contribution in [0.3, 0.4) is 0 Å². The highest BCUT2D eigenvalue weighted by Crippen LogP contribution is 2.10. The summed E-state index contributed by atoms with van der Waals surface area (Å²) in [5, 5.41) is 21.0. The second-order valence-electron chi connectivity index (χ2n) is 3.87. The van der Waals surface area contributed by atoms with Crippen molar-refractivity contribution in [2.75, 3.05) is 5.32 Å². The largest absolute Gasteiger partial charge is 0.478 e. The smallest absolute Gasteiger partial charge is 0.335 e. The molecule has 0 bridgehead atoms. The molecule has 16 heavy (non-hydrogen) atoms. The Morgan fingerprint density at radius 3 is 2.81 bits per heavy atom.